The van der Waals surface area contributed by atoms with E-state index in [1.807, 2.05) is 43.3 Å². The standard InChI is InChI=1S/C23H29N3O2S/c1-15(2)14-18-6-8-19(9-7-18)16(3)22(28)25-23(29)24-20-10-12-21(13-11-20)26(5)17(4)27/h6-13,15-16H,14H2,1-5H3,(H2,24,25,28,29). The SMILES string of the molecule is CC(=O)N(C)c1ccc(NC(=S)NC(=O)C(C)c2ccc(CC(C)C)cc2)cc1. The highest BCUT2D eigenvalue weighted by Crippen LogP contribution is 2.19. The number of rotatable bonds is 6. The van der Waals surface area contributed by atoms with Crippen LogP contribution in [0.3, 0.4) is 0 Å². The van der Waals surface area contributed by atoms with Gasteiger partial charge in [-0.15, -0.1) is 0 Å². The fraction of sp³-hybridized carbons (Fsp3) is 0.348. The summed E-state index contributed by atoms with van der Waals surface area (Å²) in [5.74, 6) is 0.0863. The summed E-state index contributed by atoms with van der Waals surface area (Å²) in [5.41, 5.74) is 3.75. The highest BCUT2D eigenvalue weighted by molar-refractivity contribution is 7.80. The van der Waals surface area contributed by atoms with Gasteiger partial charge in [0.15, 0.2) is 5.11 Å². The van der Waals surface area contributed by atoms with E-state index < -0.39 is 0 Å². The molecule has 0 saturated carbocycles. The van der Waals surface area contributed by atoms with Crippen LogP contribution in [0.15, 0.2) is 48.5 Å². The summed E-state index contributed by atoms with van der Waals surface area (Å²) in [6.07, 6.45) is 1.02. The molecule has 0 radical (unpaired) electrons. The molecule has 0 heterocycles. The zero-order valence-electron chi connectivity index (χ0n) is 17.7. The molecule has 2 N–H and O–H groups in total. The fourth-order valence-corrected chi connectivity index (χ4v) is 3.12. The zero-order valence-corrected chi connectivity index (χ0v) is 18.5. The first-order chi connectivity index (χ1) is 13.7. The van der Waals surface area contributed by atoms with Crippen molar-refractivity contribution in [3.63, 3.8) is 0 Å². The Labute approximate surface area is 178 Å². The average Bonchev–Trinajstić information content (AvgIpc) is 2.67. The molecule has 0 aromatic heterocycles. The number of benzene rings is 2. The van der Waals surface area contributed by atoms with Crippen LogP contribution >= 0.6 is 12.2 Å². The molecular formula is C23H29N3O2S. The predicted molar refractivity (Wildman–Crippen MR) is 123 cm³/mol. The Hall–Kier alpha value is -2.73. The van der Waals surface area contributed by atoms with E-state index in [2.05, 4.69) is 36.6 Å². The van der Waals surface area contributed by atoms with Gasteiger partial charge in [0.1, 0.15) is 0 Å². The van der Waals surface area contributed by atoms with Gasteiger partial charge in [0, 0.05) is 25.3 Å². The Bertz CT molecular complexity index is 861. The van der Waals surface area contributed by atoms with Gasteiger partial charge in [0.2, 0.25) is 11.8 Å². The molecule has 0 aliphatic rings. The molecule has 0 bridgehead atoms. The van der Waals surface area contributed by atoms with Gasteiger partial charge >= 0.3 is 0 Å². The minimum Gasteiger partial charge on any atom is -0.332 e. The number of hydrogen-bond donors (Lipinski definition) is 2. The van der Waals surface area contributed by atoms with Crippen LogP contribution in [0.1, 0.15) is 44.7 Å². The summed E-state index contributed by atoms with van der Waals surface area (Å²) in [5, 5.41) is 5.99. The largest absolute Gasteiger partial charge is 0.332 e. The Morgan fingerprint density at radius 2 is 1.59 bits per heavy atom. The molecule has 6 heteroatoms. The Kier molecular flexibility index (Phi) is 7.91. The zero-order chi connectivity index (χ0) is 21.6. The van der Waals surface area contributed by atoms with Crippen LogP contribution in [0.5, 0.6) is 0 Å². The van der Waals surface area contributed by atoms with Crippen molar-refractivity contribution in [3.05, 3.63) is 59.7 Å². The van der Waals surface area contributed by atoms with Gasteiger partial charge in [0.05, 0.1) is 5.92 Å². The Morgan fingerprint density at radius 1 is 1.00 bits per heavy atom. The third-order valence-electron chi connectivity index (χ3n) is 4.74. The van der Waals surface area contributed by atoms with Crippen LogP contribution in [0.4, 0.5) is 11.4 Å². The van der Waals surface area contributed by atoms with E-state index in [1.165, 1.54) is 12.5 Å². The summed E-state index contributed by atoms with van der Waals surface area (Å²) in [6, 6.07) is 15.4. The van der Waals surface area contributed by atoms with E-state index in [0.717, 1.165) is 23.4 Å². The first-order valence-corrected chi connectivity index (χ1v) is 10.1. The van der Waals surface area contributed by atoms with Crippen molar-refractivity contribution >= 4 is 40.5 Å². The van der Waals surface area contributed by atoms with Crippen molar-refractivity contribution in [1.29, 1.82) is 0 Å². The average molecular weight is 412 g/mol. The molecule has 1 unspecified atom stereocenters. The number of carbonyl (C=O) groups is 2. The number of anilines is 2. The van der Waals surface area contributed by atoms with E-state index in [1.54, 1.807) is 11.9 Å². The first-order valence-electron chi connectivity index (χ1n) is 9.72. The molecule has 0 aliphatic heterocycles. The molecule has 5 nitrogen and oxygen atoms in total. The molecule has 2 aromatic rings. The topological polar surface area (TPSA) is 61.4 Å². The maximum Gasteiger partial charge on any atom is 0.233 e. The molecule has 0 aliphatic carbocycles. The van der Waals surface area contributed by atoms with Crippen molar-refractivity contribution in [2.45, 2.75) is 40.0 Å². The van der Waals surface area contributed by atoms with E-state index in [9.17, 15) is 9.59 Å². The van der Waals surface area contributed by atoms with Crippen LogP contribution < -0.4 is 15.5 Å². The molecule has 0 saturated heterocycles. The monoisotopic (exact) mass is 411 g/mol. The van der Waals surface area contributed by atoms with Gasteiger partial charge in [-0.1, -0.05) is 38.1 Å². The smallest absolute Gasteiger partial charge is 0.233 e. The Balaban J connectivity index is 1.92. The number of amides is 2. The maximum atomic E-state index is 12.5. The third kappa shape index (κ3) is 6.68. The fourth-order valence-electron chi connectivity index (χ4n) is 2.90. The van der Waals surface area contributed by atoms with E-state index in [-0.39, 0.29) is 22.8 Å². The normalized spacial score (nSPS) is 11.7. The molecule has 154 valence electrons. The second-order valence-electron chi connectivity index (χ2n) is 7.63. The van der Waals surface area contributed by atoms with Gasteiger partial charge in [-0.05, 0) is 66.9 Å². The molecule has 0 spiro atoms. The molecule has 2 aromatic carbocycles. The van der Waals surface area contributed by atoms with Crippen molar-refractivity contribution < 1.29 is 9.59 Å². The summed E-state index contributed by atoms with van der Waals surface area (Å²) in [6.45, 7) is 7.75. The number of thiocarbonyl (C=S) groups is 1. The van der Waals surface area contributed by atoms with Crippen LogP contribution in [0, 0.1) is 5.92 Å². The van der Waals surface area contributed by atoms with Gasteiger partial charge in [-0.2, -0.15) is 0 Å². The number of nitrogens with zero attached hydrogens (tertiary/aromatic N) is 1. The lowest BCUT2D eigenvalue weighted by molar-refractivity contribution is -0.120. The van der Waals surface area contributed by atoms with Crippen LogP contribution in [-0.4, -0.2) is 24.0 Å². The molecule has 2 amide bonds. The quantitative estimate of drug-likeness (QED) is 0.688. The lowest BCUT2D eigenvalue weighted by atomic mass is 9.96. The van der Waals surface area contributed by atoms with Crippen molar-refractivity contribution in [2.24, 2.45) is 5.92 Å². The number of hydrogen-bond acceptors (Lipinski definition) is 3. The third-order valence-corrected chi connectivity index (χ3v) is 4.94. The minimum absolute atomic E-state index is 0.0419. The van der Waals surface area contributed by atoms with Gasteiger partial charge < -0.3 is 15.5 Å². The minimum atomic E-state index is -0.311. The van der Waals surface area contributed by atoms with Crippen LogP contribution in [0.25, 0.3) is 0 Å². The van der Waals surface area contributed by atoms with E-state index in [0.29, 0.717) is 5.92 Å². The molecule has 29 heavy (non-hydrogen) atoms. The maximum absolute atomic E-state index is 12.5. The van der Waals surface area contributed by atoms with E-state index >= 15 is 0 Å². The lowest BCUT2D eigenvalue weighted by Gasteiger charge is -2.17. The van der Waals surface area contributed by atoms with Gasteiger partial charge in [0.25, 0.3) is 0 Å². The molecule has 1 atom stereocenters. The second kappa shape index (κ2) is 10.2. The number of nitrogens with one attached hydrogen (secondary N) is 2. The molecule has 0 fully saturated rings. The summed E-state index contributed by atoms with van der Waals surface area (Å²) in [7, 11) is 1.71. The molecular weight excluding hydrogens is 382 g/mol. The second-order valence-corrected chi connectivity index (χ2v) is 8.04. The Morgan fingerprint density at radius 3 is 2.10 bits per heavy atom. The summed E-state index contributed by atoms with van der Waals surface area (Å²) >= 11 is 5.27. The predicted octanol–water partition coefficient (Wildman–Crippen LogP) is 4.48. The van der Waals surface area contributed by atoms with Gasteiger partial charge in [-0.25, -0.2) is 0 Å². The highest BCUT2D eigenvalue weighted by Gasteiger charge is 2.16. The number of carbonyl (C=O) groups excluding carboxylic acids is 2. The van der Waals surface area contributed by atoms with E-state index in [4.69, 9.17) is 12.2 Å². The van der Waals surface area contributed by atoms with Crippen molar-refractivity contribution in [1.82, 2.24) is 5.32 Å². The van der Waals surface area contributed by atoms with Crippen LogP contribution in [0.2, 0.25) is 0 Å². The van der Waals surface area contributed by atoms with Crippen molar-refractivity contribution in [2.75, 3.05) is 17.3 Å². The lowest BCUT2D eigenvalue weighted by Crippen LogP contribution is -2.36. The van der Waals surface area contributed by atoms with Gasteiger partial charge in [-0.3, -0.25) is 9.59 Å². The summed E-state index contributed by atoms with van der Waals surface area (Å²) in [4.78, 5) is 25.5. The highest BCUT2D eigenvalue weighted by atomic mass is 32.1. The van der Waals surface area contributed by atoms with Crippen molar-refractivity contribution in [3.8, 4) is 0 Å². The summed E-state index contributed by atoms with van der Waals surface area (Å²) < 4.78 is 0. The molecule has 2 rings (SSSR count). The van der Waals surface area contributed by atoms with Crippen LogP contribution in [-0.2, 0) is 16.0 Å². The first kappa shape index (κ1) is 22.6.